The maximum Gasteiger partial charge on any atom is 0.338 e. The van der Waals surface area contributed by atoms with Gasteiger partial charge in [-0.1, -0.05) is 160 Å². The molecule has 16 heteroatoms. The van der Waals surface area contributed by atoms with E-state index in [9.17, 15) is 39.0 Å². The summed E-state index contributed by atoms with van der Waals surface area (Å²) in [6.45, 7) is 10.2. The lowest BCUT2D eigenvalue weighted by atomic mass is 9.44. The largest absolute Gasteiger partial charge is 0.461 e. The van der Waals surface area contributed by atoms with Gasteiger partial charge in [0, 0.05) is 44.1 Å². The molecule has 0 aromatic heterocycles. The first kappa shape index (κ1) is 64.8. The smallest absolute Gasteiger partial charge is 0.338 e. The van der Waals surface area contributed by atoms with E-state index in [-0.39, 0.29) is 48.1 Å². The van der Waals surface area contributed by atoms with E-state index in [4.69, 9.17) is 28.4 Å². The van der Waals surface area contributed by atoms with Crippen LogP contribution >= 0.6 is 0 Å². The van der Waals surface area contributed by atoms with Gasteiger partial charge in [0.05, 0.1) is 29.5 Å². The van der Waals surface area contributed by atoms with Crippen molar-refractivity contribution in [3.8, 4) is 0 Å². The molecule has 2 saturated carbocycles. The third-order valence-corrected chi connectivity index (χ3v) is 16.8. The van der Waals surface area contributed by atoms with Gasteiger partial charge in [-0.15, -0.1) is 0 Å². The first-order chi connectivity index (χ1) is 40.7. The number of hydrogen-bond acceptors (Lipinski definition) is 15. The van der Waals surface area contributed by atoms with Gasteiger partial charge >= 0.3 is 29.8 Å². The molecular formula is C69H81NO15. The van der Waals surface area contributed by atoms with Crippen LogP contribution < -0.4 is 5.32 Å². The van der Waals surface area contributed by atoms with Crippen molar-refractivity contribution in [2.24, 2.45) is 16.7 Å². The average molecular weight is 1160 g/mol. The van der Waals surface area contributed by atoms with Crippen LogP contribution in [-0.2, 0) is 52.4 Å². The number of allylic oxidation sites excluding steroid dienone is 12. The number of fused-ring (bicyclic) bond motifs is 5. The highest BCUT2D eigenvalue weighted by molar-refractivity contribution is 5.96. The van der Waals surface area contributed by atoms with E-state index in [1.54, 1.807) is 92.7 Å². The number of aliphatic hydroxyl groups excluding tert-OH is 1. The monoisotopic (exact) mass is 1160 g/mol. The number of ketones is 1. The lowest BCUT2D eigenvalue weighted by Crippen LogP contribution is -2.82. The number of aliphatic hydroxyl groups is 2. The van der Waals surface area contributed by atoms with Crippen LogP contribution in [0.3, 0.4) is 0 Å². The molecule has 3 aromatic rings. The summed E-state index contributed by atoms with van der Waals surface area (Å²) >= 11 is 0. The highest BCUT2D eigenvalue weighted by Crippen LogP contribution is 2.65. The number of Topliss-reactive ketones (excluding diaryl/α,β-unsaturated/α-hetero) is 1. The Balaban J connectivity index is 1.21. The minimum absolute atomic E-state index is 0.0255. The second-order valence-corrected chi connectivity index (χ2v) is 22.8. The summed E-state index contributed by atoms with van der Waals surface area (Å²) in [6, 6.07) is 23.0. The molecule has 85 heavy (non-hydrogen) atoms. The van der Waals surface area contributed by atoms with Crippen molar-refractivity contribution in [2.75, 3.05) is 6.61 Å². The molecule has 16 nitrogen and oxygen atoms in total. The summed E-state index contributed by atoms with van der Waals surface area (Å²) in [5.74, 6) is -7.71. The molecule has 452 valence electrons. The Bertz CT molecular complexity index is 3070. The number of amides is 1. The van der Waals surface area contributed by atoms with Gasteiger partial charge in [0.25, 0.3) is 5.91 Å². The molecule has 4 aliphatic rings. The zero-order valence-corrected chi connectivity index (χ0v) is 49.7. The first-order valence-electron chi connectivity index (χ1n) is 29.3. The van der Waals surface area contributed by atoms with Gasteiger partial charge in [0.2, 0.25) is 0 Å². The van der Waals surface area contributed by atoms with E-state index in [1.807, 2.05) is 18.2 Å². The van der Waals surface area contributed by atoms with E-state index >= 15 is 4.79 Å². The molecule has 2 bridgehead atoms. The lowest BCUT2D eigenvalue weighted by molar-refractivity contribution is -0.346. The van der Waals surface area contributed by atoms with Crippen LogP contribution in [0.15, 0.2) is 175 Å². The predicted octanol–water partition coefficient (Wildman–Crippen LogP) is 10.8. The van der Waals surface area contributed by atoms with E-state index < -0.39 is 119 Å². The van der Waals surface area contributed by atoms with Crippen molar-refractivity contribution >= 4 is 41.5 Å². The number of esters is 5. The van der Waals surface area contributed by atoms with Gasteiger partial charge in [-0.3, -0.25) is 24.0 Å². The second-order valence-electron chi connectivity index (χ2n) is 22.8. The van der Waals surface area contributed by atoms with E-state index in [1.165, 1.54) is 26.0 Å². The highest BCUT2D eigenvalue weighted by Gasteiger charge is 2.79. The minimum Gasteiger partial charge on any atom is -0.461 e. The lowest BCUT2D eigenvalue weighted by Gasteiger charge is -2.67. The molecule has 3 aliphatic carbocycles. The van der Waals surface area contributed by atoms with Crippen molar-refractivity contribution in [3.63, 3.8) is 0 Å². The molecule has 7 rings (SSSR count). The van der Waals surface area contributed by atoms with Crippen LogP contribution in [0, 0.1) is 16.7 Å². The molecule has 3 fully saturated rings. The Morgan fingerprint density at radius 1 is 0.694 bits per heavy atom. The van der Waals surface area contributed by atoms with Gasteiger partial charge < -0.3 is 44.0 Å². The van der Waals surface area contributed by atoms with Crippen LogP contribution in [0.2, 0.25) is 0 Å². The number of nitrogens with one attached hydrogen (secondary N) is 1. The second kappa shape index (κ2) is 29.3. The molecule has 3 aromatic carbocycles. The topological polar surface area (TPSA) is 227 Å². The van der Waals surface area contributed by atoms with Crippen LogP contribution in [-0.4, -0.2) is 106 Å². The Morgan fingerprint density at radius 3 is 1.74 bits per heavy atom. The molecule has 2 unspecified atom stereocenters. The zero-order valence-electron chi connectivity index (χ0n) is 49.7. The normalized spacial score (nSPS) is 27.0. The third kappa shape index (κ3) is 14.8. The maximum absolute atomic E-state index is 16.3. The van der Waals surface area contributed by atoms with Crippen molar-refractivity contribution in [1.29, 1.82) is 0 Å². The zero-order chi connectivity index (χ0) is 61.4. The molecule has 3 N–H and O–H groups in total. The Hall–Kier alpha value is -7.79. The Kier molecular flexibility index (Phi) is 22.4. The van der Waals surface area contributed by atoms with E-state index in [0.29, 0.717) is 12.0 Å². The third-order valence-electron chi connectivity index (χ3n) is 16.8. The standard InChI is InChI=1S/C69H81NO15/c1-8-9-10-11-12-13-14-15-16-17-18-19-20-21-22-23-24-25-35-42-55(73)83-53-43-54-68(45-80-54,85-48(4)72)60-62(84-64(77)51-40-33-28-34-41-51)69(79)44-52(46(2)56(66(69,5)6)59(81-47(3)71)61(75)67(53,60)7)82-65(78)58(74)57(49-36-29-26-30-37-49)70-63(76)50-38-31-27-32-39-50/h9-10,12-13,15-16,18-19,21-22,24-34,36-41,52-54,57-60,62,74,79H,8,11,14,17,20,23,35,42-45H2,1-7H3,(H,70,76)/b10-9-,13-12-,16-15-,19-18-,22-21-,25-24-/t52?,53-,54+,57?,58+,59+,60-,62-,67+,68-,69+/m0/s1. The van der Waals surface area contributed by atoms with Gasteiger partial charge in [-0.2, -0.15) is 0 Å². The predicted molar refractivity (Wildman–Crippen MR) is 319 cm³/mol. The highest BCUT2D eigenvalue weighted by atomic mass is 16.6. The summed E-state index contributed by atoms with van der Waals surface area (Å²) in [5.41, 5.74) is -7.41. The summed E-state index contributed by atoms with van der Waals surface area (Å²) < 4.78 is 37.7. The fraction of sp³-hybridized carbons (Fsp3) is 0.435. The summed E-state index contributed by atoms with van der Waals surface area (Å²) in [6.07, 6.45) is 19.6. The molecule has 1 amide bonds. The van der Waals surface area contributed by atoms with Crippen LogP contribution in [0.25, 0.3) is 0 Å². The van der Waals surface area contributed by atoms with E-state index in [2.05, 4.69) is 66.9 Å². The van der Waals surface area contributed by atoms with Gasteiger partial charge in [0.15, 0.2) is 23.6 Å². The number of rotatable bonds is 25. The van der Waals surface area contributed by atoms with Crippen molar-refractivity contribution in [2.45, 2.75) is 167 Å². The van der Waals surface area contributed by atoms with Crippen LogP contribution in [0.5, 0.6) is 0 Å². The molecule has 1 aliphatic heterocycles. The number of carbonyl (C=O) groups excluding carboxylic acids is 7. The minimum atomic E-state index is -2.47. The van der Waals surface area contributed by atoms with Crippen molar-refractivity contribution in [1.82, 2.24) is 5.32 Å². The summed E-state index contributed by atoms with van der Waals surface area (Å²) in [7, 11) is 0. The molecule has 0 spiro atoms. The summed E-state index contributed by atoms with van der Waals surface area (Å²) in [4.78, 5) is 100. The van der Waals surface area contributed by atoms with Gasteiger partial charge in [-0.05, 0) is 99.8 Å². The van der Waals surface area contributed by atoms with Crippen LogP contribution in [0.1, 0.15) is 145 Å². The van der Waals surface area contributed by atoms with Crippen molar-refractivity contribution < 1.29 is 72.2 Å². The molecule has 1 heterocycles. The molecular weight excluding hydrogens is 1080 g/mol. The molecule has 1 saturated heterocycles. The summed E-state index contributed by atoms with van der Waals surface area (Å²) in [5, 5.41) is 28.9. The number of carbonyl (C=O) groups is 7. The fourth-order valence-corrected chi connectivity index (χ4v) is 12.4. The number of benzene rings is 3. The molecule has 11 atom stereocenters. The Labute approximate surface area is 498 Å². The van der Waals surface area contributed by atoms with Crippen LogP contribution in [0.4, 0.5) is 0 Å². The van der Waals surface area contributed by atoms with Gasteiger partial charge in [0.1, 0.15) is 30.0 Å². The fourth-order valence-electron chi connectivity index (χ4n) is 12.4. The number of hydrogen-bond donors (Lipinski definition) is 3. The Morgan fingerprint density at radius 2 is 1.22 bits per heavy atom. The SMILES string of the molecule is CC/C=C\C/C=C\C/C=C\C/C=C\C/C=C\C/C=C\CCC(=O)O[C@H]1C[C@H]2OC[C@@]2(OC(C)=O)[C@H]2[C@H](OC(=O)c3ccccc3)[C@]3(O)CC(OC(=O)[C@H](O)C(NC(=O)c4ccccc4)c4ccccc4)C(C)=C([C@@H](OC(C)=O)C(=O)[C@]12C)C3(C)C. The average Bonchev–Trinajstić information content (AvgIpc) is 0.693. The number of ether oxygens (including phenoxy) is 6. The van der Waals surface area contributed by atoms with Crippen molar-refractivity contribution in [3.05, 3.63) is 192 Å². The maximum atomic E-state index is 16.3. The molecule has 0 radical (unpaired) electrons. The van der Waals surface area contributed by atoms with E-state index in [0.717, 1.165) is 46.0 Å². The first-order valence-corrected chi connectivity index (χ1v) is 29.3. The quantitative estimate of drug-likeness (QED) is 0.0407. The van der Waals surface area contributed by atoms with Gasteiger partial charge in [-0.25, -0.2) is 9.59 Å².